The molecule has 0 spiro atoms. The molecule has 0 saturated heterocycles. The van der Waals surface area contributed by atoms with Gasteiger partial charge in [-0.3, -0.25) is 4.79 Å². The minimum absolute atomic E-state index is 0.225. The highest BCUT2D eigenvalue weighted by Gasteiger charge is 2.21. The normalized spacial score (nSPS) is 11.0. The van der Waals surface area contributed by atoms with Crippen molar-refractivity contribution >= 4 is 28.8 Å². The van der Waals surface area contributed by atoms with Gasteiger partial charge in [0.25, 0.3) is 0 Å². The topological polar surface area (TPSA) is 93.4 Å². The van der Waals surface area contributed by atoms with Gasteiger partial charge in [0.15, 0.2) is 17.3 Å². The van der Waals surface area contributed by atoms with Crippen LogP contribution in [0.1, 0.15) is 39.0 Å². The number of furan rings is 1. The molecule has 1 aromatic heterocycles. The van der Waals surface area contributed by atoms with E-state index < -0.39 is 5.97 Å². The number of methoxy groups -OCH3 is 3. The average Bonchev–Trinajstić information content (AvgIpc) is 3.26. The van der Waals surface area contributed by atoms with Crippen molar-refractivity contribution in [2.75, 3.05) is 27.9 Å². The van der Waals surface area contributed by atoms with Crippen LogP contribution in [0.3, 0.4) is 0 Å². The summed E-state index contributed by atoms with van der Waals surface area (Å²) in [5.74, 6) is 2.04. The van der Waals surface area contributed by atoms with Crippen LogP contribution in [0.2, 0.25) is 0 Å². The highest BCUT2D eigenvalue weighted by molar-refractivity contribution is 6.07. The number of aryl methyl sites for hydroxylation is 1. The molecule has 0 N–H and O–H groups in total. The van der Waals surface area contributed by atoms with E-state index in [-0.39, 0.29) is 5.78 Å². The molecule has 0 amide bonds. The molecule has 0 fully saturated rings. The maximum Gasteiger partial charge on any atom is 0.347 e. The van der Waals surface area contributed by atoms with Gasteiger partial charge in [0.1, 0.15) is 28.4 Å². The Balaban J connectivity index is 1.49. The van der Waals surface area contributed by atoms with E-state index in [4.69, 9.17) is 28.1 Å². The first kappa shape index (κ1) is 26.3. The maximum absolute atomic E-state index is 13.0. The SMILES string of the molecule is CCOc1ccc2oc(C)c(C(=O)Oc3ccc(C(=O)/C=C/c4cc(OC)c(OC)c(OC)c4)cc3)c2c1. The van der Waals surface area contributed by atoms with Gasteiger partial charge in [-0.1, -0.05) is 6.08 Å². The zero-order valence-electron chi connectivity index (χ0n) is 21.8. The van der Waals surface area contributed by atoms with Crippen LogP contribution in [0.4, 0.5) is 0 Å². The van der Waals surface area contributed by atoms with E-state index in [1.165, 1.54) is 27.4 Å². The monoisotopic (exact) mass is 516 g/mol. The number of esters is 1. The van der Waals surface area contributed by atoms with E-state index in [1.807, 2.05) is 6.92 Å². The minimum Gasteiger partial charge on any atom is -0.494 e. The molecule has 4 aromatic rings. The number of ether oxygens (including phenoxy) is 5. The Kier molecular flexibility index (Phi) is 8.01. The standard InChI is InChI=1S/C30H28O8/c1-6-36-22-12-14-25-23(17-22)28(18(2)37-25)30(32)38-21-10-8-20(9-11-21)24(31)13-7-19-15-26(33-3)29(35-5)27(16-19)34-4/h7-17H,6H2,1-5H3/b13-7+. The molecule has 38 heavy (non-hydrogen) atoms. The van der Waals surface area contributed by atoms with Crippen LogP contribution in [0.25, 0.3) is 17.0 Å². The third-order valence-electron chi connectivity index (χ3n) is 5.81. The van der Waals surface area contributed by atoms with Crippen molar-refractivity contribution < 1.29 is 37.7 Å². The molecule has 8 nitrogen and oxygen atoms in total. The molecule has 4 rings (SSSR count). The second-order valence-electron chi connectivity index (χ2n) is 8.19. The lowest BCUT2D eigenvalue weighted by atomic mass is 10.1. The second kappa shape index (κ2) is 11.6. The first-order chi connectivity index (χ1) is 18.4. The highest BCUT2D eigenvalue weighted by Crippen LogP contribution is 2.38. The molecule has 0 radical (unpaired) electrons. The van der Waals surface area contributed by atoms with E-state index in [2.05, 4.69) is 0 Å². The molecular weight excluding hydrogens is 488 g/mol. The fraction of sp³-hybridized carbons (Fsp3) is 0.200. The highest BCUT2D eigenvalue weighted by atomic mass is 16.5. The zero-order chi connectivity index (χ0) is 27.2. The van der Waals surface area contributed by atoms with Gasteiger partial charge in [0.2, 0.25) is 5.75 Å². The van der Waals surface area contributed by atoms with Crippen LogP contribution in [0.15, 0.2) is 65.1 Å². The quantitative estimate of drug-likeness (QED) is 0.105. The van der Waals surface area contributed by atoms with Crippen molar-refractivity contribution in [1.82, 2.24) is 0 Å². The number of fused-ring (bicyclic) bond motifs is 1. The van der Waals surface area contributed by atoms with Crippen LogP contribution in [-0.2, 0) is 0 Å². The van der Waals surface area contributed by atoms with E-state index >= 15 is 0 Å². The third kappa shape index (κ3) is 5.49. The summed E-state index contributed by atoms with van der Waals surface area (Å²) in [4.78, 5) is 25.7. The summed E-state index contributed by atoms with van der Waals surface area (Å²) in [5.41, 5.74) is 2.03. The van der Waals surface area contributed by atoms with Crippen LogP contribution < -0.4 is 23.7 Å². The Bertz CT molecular complexity index is 1470. The lowest BCUT2D eigenvalue weighted by Crippen LogP contribution is -2.09. The van der Waals surface area contributed by atoms with Crippen molar-refractivity contribution in [3.63, 3.8) is 0 Å². The Labute approximate surface area is 220 Å². The molecule has 0 bridgehead atoms. The lowest BCUT2D eigenvalue weighted by Gasteiger charge is -2.12. The molecule has 0 aliphatic heterocycles. The van der Waals surface area contributed by atoms with Crippen molar-refractivity contribution in [3.8, 4) is 28.7 Å². The number of benzene rings is 3. The van der Waals surface area contributed by atoms with Crippen molar-refractivity contribution in [3.05, 3.63) is 83.1 Å². The molecule has 0 aliphatic rings. The summed E-state index contributed by atoms with van der Waals surface area (Å²) >= 11 is 0. The molecule has 196 valence electrons. The Hall–Kier alpha value is -4.72. The number of carbonyl (C=O) groups is 2. The van der Waals surface area contributed by atoms with E-state index in [9.17, 15) is 9.59 Å². The van der Waals surface area contributed by atoms with Crippen molar-refractivity contribution in [2.24, 2.45) is 0 Å². The van der Waals surface area contributed by atoms with Gasteiger partial charge in [0, 0.05) is 10.9 Å². The Morgan fingerprint density at radius 1 is 0.868 bits per heavy atom. The zero-order valence-corrected chi connectivity index (χ0v) is 21.8. The molecule has 0 aliphatic carbocycles. The predicted octanol–water partition coefficient (Wildman–Crippen LogP) is 6.28. The molecule has 1 heterocycles. The first-order valence-electron chi connectivity index (χ1n) is 11.9. The van der Waals surface area contributed by atoms with Gasteiger partial charge in [-0.2, -0.15) is 0 Å². The Morgan fingerprint density at radius 3 is 2.13 bits per heavy atom. The summed E-state index contributed by atoms with van der Waals surface area (Å²) < 4.78 is 32.9. The van der Waals surface area contributed by atoms with Crippen LogP contribution in [-0.4, -0.2) is 39.7 Å². The van der Waals surface area contributed by atoms with Crippen LogP contribution in [0, 0.1) is 6.92 Å². The maximum atomic E-state index is 13.0. The lowest BCUT2D eigenvalue weighted by molar-refractivity contribution is 0.0734. The number of allylic oxidation sites excluding steroid dienone is 1. The second-order valence-corrected chi connectivity index (χ2v) is 8.19. The number of ketones is 1. The van der Waals surface area contributed by atoms with Gasteiger partial charge in [0.05, 0.1) is 27.9 Å². The van der Waals surface area contributed by atoms with Crippen LogP contribution in [0.5, 0.6) is 28.7 Å². The van der Waals surface area contributed by atoms with Crippen molar-refractivity contribution in [1.29, 1.82) is 0 Å². The minimum atomic E-state index is -0.559. The summed E-state index contributed by atoms with van der Waals surface area (Å²) in [7, 11) is 4.58. The molecular formula is C30H28O8. The predicted molar refractivity (Wildman–Crippen MR) is 143 cm³/mol. The van der Waals surface area contributed by atoms with Gasteiger partial charge >= 0.3 is 5.97 Å². The number of carbonyl (C=O) groups excluding carboxylic acids is 2. The van der Waals surface area contributed by atoms with Gasteiger partial charge in [-0.25, -0.2) is 4.79 Å². The van der Waals surface area contributed by atoms with Gasteiger partial charge < -0.3 is 28.1 Å². The third-order valence-corrected chi connectivity index (χ3v) is 5.81. The number of hydrogen-bond donors (Lipinski definition) is 0. The fourth-order valence-corrected chi connectivity index (χ4v) is 4.02. The molecule has 3 aromatic carbocycles. The molecule has 0 saturated carbocycles. The molecule has 0 atom stereocenters. The fourth-order valence-electron chi connectivity index (χ4n) is 4.02. The summed E-state index contributed by atoms with van der Waals surface area (Å²) in [5, 5.41) is 0.613. The molecule has 0 unspecified atom stereocenters. The summed E-state index contributed by atoms with van der Waals surface area (Å²) in [6.45, 7) is 4.10. The van der Waals surface area contributed by atoms with Gasteiger partial charge in [-0.15, -0.1) is 0 Å². The van der Waals surface area contributed by atoms with E-state index in [0.717, 1.165) is 0 Å². The summed E-state index contributed by atoms with van der Waals surface area (Å²) in [6, 6.07) is 15.1. The van der Waals surface area contributed by atoms with E-state index in [1.54, 1.807) is 67.6 Å². The number of hydrogen-bond acceptors (Lipinski definition) is 8. The smallest absolute Gasteiger partial charge is 0.347 e. The average molecular weight is 517 g/mol. The summed E-state index contributed by atoms with van der Waals surface area (Å²) in [6.07, 6.45) is 3.10. The van der Waals surface area contributed by atoms with Crippen molar-refractivity contribution in [2.45, 2.75) is 13.8 Å². The first-order valence-corrected chi connectivity index (χ1v) is 11.9. The van der Waals surface area contributed by atoms with E-state index in [0.29, 0.717) is 68.8 Å². The number of rotatable bonds is 10. The largest absolute Gasteiger partial charge is 0.494 e. The molecule has 8 heteroatoms. The van der Waals surface area contributed by atoms with Crippen LogP contribution >= 0.6 is 0 Å². The van der Waals surface area contributed by atoms with Gasteiger partial charge in [-0.05, 0) is 80.1 Å². The Morgan fingerprint density at radius 2 is 1.53 bits per heavy atom.